The number of aromatic amines is 1. The van der Waals surface area contributed by atoms with Crippen LogP contribution in [0.3, 0.4) is 0 Å². The minimum atomic E-state index is -0.188. The second kappa shape index (κ2) is 6.04. The van der Waals surface area contributed by atoms with Crippen molar-refractivity contribution in [2.24, 2.45) is 0 Å². The number of hydrogen-bond acceptors (Lipinski definition) is 3. The van der Waals surface area contributed by atoms with Gasteiger partial charge in [-0.1, -0.05) is 12.1 Å². The van der Waals surface area contributed by atoms with Gasteiger partial charge >= 0.3 is 0 Å². The highest BCUT2D eigenvalue weighted by molar-refractivity contribution is 6.15. The summed E-state index contributed by atoms with van der Waals surface area (Å²) in [6, 6.07) is 12.9. The average molecular weight is 310 g/mol. The van der Waals surface area contributed by atoms with Crippen molar-refractivity contribution in [3.63, 3.8) is 0 Å². The second-order valence-electron chi connectivity index (χ2n) is 5.19. The number of methoxy groups -OCH3 is 2. The van der Waals surface area contributed by atoms with Gasteiger partial charge in [-0.2, -0.15) is 0 Å². The minimum absolute atomic E-state index is 0.188. The largest absolute Gasteiger partial charge is 0.497 e. The van der Waals surface area contributed by atoms with Gasteiger partial charge in [-0.3, -0.25) is 4.79 Å². The Labute approximate surface area is 134 Å². The fraction of sp³-hybridized carbons (Fsp3) is 0.167. The molecule has 1 heterocycles. The summed E-state index contributed by atoms with van der Waals surface area (Å²) >= 11 is 0. The van der Waals surface area contributed by atoms with E-state index in [1.54, 1.807) is 20.3 Å². The molecule has 0 aliphatic carbocycles. The zero-order chi connectivity index (χ0) is 16.4. The number of fused-ring (bicyclic) bond motifs is 1. The van der Waals surface area contributed by atoms with Crippen molar-refractivity contribution in [3.8, 4) is 11.5 Å². The molecule has 118 valence electrons. The Balaban J connectivity index is 2.02. The van der Waals surface area contributed by atoms with Crippen LogP contribution in [-0.2, 0) is 0 Å². The van der Waals surface area contributed by atoms with Crippen LogP contribution in [0.4, 0.5) is 5.69 Å². The number of ether oxygens (including phenoxy) is 2. The van der Waals surface area contributed by atoms with Crippen LogP contribution in [0.25, 0.3) is 10.9 Å². The van der Waals surface area contributed by atoms with E-state index in [0.717, 1.165) is 16.6 Å². The van der Waals surface area contributed by atoms with E-state index in [0.29, 0.717) is 22.7 Å². The topological polar surface area (TPSA) is 63.3 Å². The van der Waals surface area contributed by atoms with E-state index < -0.39 is 0 Å². The summed E-state index contributed by atoms with van der Waals surface area (Å²) in [4.78, 5) is 16.0. The molecule has 5 heteroatoms. The lowest BCUT2D eigenvalue weighted by Gasteiger charge is -2.08. The molecule has 0 aliphatic heterocycles. The highest BCUT2D eigenvalue weighted by Crippen LogP contribution is 2.31. The van der Waals surface area contributed by atoms with Gasteiger partial charge in [0.1, 0.15) is 11.5 Å². The number of nitrogens with one attached hydrogen (secondary N) is 2. The monoisotopic (exact) mass is 310 g/mol. The van der Waals surface area contributed by atoms with Crippen molar-refractivity contribution < 1.29 is 14.3 Å². The summed E-state index contributed by atoms with van der Waals surface area (Å²) in [5.41, 5.74) is 2.93. The molecular weight excluding hydrogens is 292 g/mol. The molecule has 0 spiro atoms. The molecule has 3 rings (SSSR count). The van der Waals surface area contributed by atoms with E-state index in [4.69, 9.17) is 9.47 Å². The van der Waals surface area contributed by atoms with Crippen LogP contribution in [-0.4, -0.2) is 25.1 Å². The number of rotatable bonds is 4. The Morgan fingerprint density at radius 2 is 1.87 bits per heavy atom. The molecule has 3 aromatic rings. The maximum absolute atomic E-state index is 12.8. The molecule has 0 unspecified atom stereocenters. The molecule has 1 aromatic heterocycles. The van der Waals surface area contributed by atoms with Crippen LogP contribution < -0.4 is 14.8 Å². The van der Waals surface area contributed by atoms with E-state index in [9.17, 15) is 4.79 Å². The standard InChI is InChI=1S/C18H18N2O3/c1-11-16(17-14(19-11)8-5-9-15(17)23-3)18(21)20-12-6-4-7-13(10-12)22-2/h4-10,19H,1-3H3,(H,20,21). The molecule has 2 aromatic carbocycles. The third-order valence-corrected chi connectivity index (χ3v) is 3.75. The molecule has 2 N–H and O–H groups in total. The van der Waals surface area contributed by atoms with Crippen molar-refractivity contribution in [1.82, 2.24) is 4.98 Å². The highest BCUT2D eigenvalue weighted by atomic mass is 16.5. The van der Waals surface area contributed by atoms with Gasteiger partial charge < -0.3 is 19.8 Å². The Kier molecular flexibility index (Phi) is 3.93. The lowest BCUT2D eigenvalue weighted by atomic mass is 10.1. The zero-order valence-electron chi connectivity index (χ0n) is 13.3. The Bertz CT molecular complexity index is 868. The van der Waals surface area contributed by atoms with Crippen LogP contribution in [0.5, 0.6) is 11.5 Å². The van der Waals surface area contributed by atoms with Gasteiger partial charge in [0.15, 0.2) is 0 Å². The molecule has 0 saturated heterocycles. The third kappa shape index (κ3) is 2.73. The summed E-state index contributed by atoms with van der Waals surface area (Å²) in [6.45, 7) is 1.87. The van der Waals surface area contributed by atoms with Gasteiger partial charge in [0, 0.05) is 17.4 Å². The fourth-order valence-electron chi connectivity index (χ4n) is 2.69. The summed E-state index contributed by atoms with van der Waals surface area (Å²) in [6.07, 6.45) is 0. The van der Waals surface area contributed by atoms with Gasteiger partial charge in [-0.05, 0) is 31.2 Å². The number of amides is 1. The Morgan fingerprint density at radius 1 is 1.09 bits per heavy atom. The number of anilines is 1. The van der Waals surface area contributed by atoms with E-state index >= 15 is 0 Å². The molecule has 1 amide bonds. The summed E-state index contributed by atoms with van der Waals surface area (Å²) in [5.74, 6) is 1.17. The first-order valence-corrected chi connectivity index (χ1v) is 7.24. The van der Waals surface area contributed by atoms with Gasteiger partial charge in [0.2, 0.25) is 0 Å². The number of aryl methyl sites for hydroxylation is 1. The van der Waals surface area contributed by atoms with Crippen LogP contribution in [0.1, 0.15) is 16.1 Å². The first-order valence-electron chi connectivity index (χ1n) is 7.24. The number of hydrogen-bond donors (Lipinski definition) is 2. The smallest absolute Gasteiger partial charge is 0.258 e. The van der Waals surface area contributed by atoms with Gasteiger partial charge in [-0.15, -0.1) is 0 Å². The lowest BCUT2D eigenvalue weighted by molar-refractivity contribution is 0.102. The van der Waals surface area contributed by atoms with Crippen molar-refractivity contribution in [1.29, 1.82) is 0 Å². The first kappa shape index (κ1) is 15.0. The molecular formula is C18H18N2O3. The molecule has 5 nitrogen and oxygen atoms in total. The van der Waals surface area contributed by atoms with E-state index in [2.05, 4.69) is 10.3 Å². The van der Waals surface area contributed by atoms with Crippen molar-refractivity contribution in [3.05, 3.63) is 53.7 Å². The molecule has 0 bridgehead atoms. The second-order valence-corrected chi connectivity index (χ2v) is 5.19. The highest BCUT2D eigenvalue weighted by Gasteiger charge is 2.19. The number of carbonyl (C=O) groups excluding carboxylic acids is 1. The lowest BCUT2D eigenvalue weighted by Crippen LogP contribution is -2.13. The first-order chi connectivity index (χ1) is 11.1. The van der Waals surface area contributed by atoms with Crippen LogP contribution >= 0.6 is 0 Å². The SMILES string of the molecule is COc1cccc(NC(=O)c2c(C)[nH]c3cccc(OC)c23)c1. The molecule has 0 saturated carbocycles. The van der Waals surface area contributed by atoms with Crippen molar-refractivity contribution in [2.75, 3.05) is 19.5 Å². The quantitative estimate of drug-likeness (QED) is 0.771. The summed E-state index contributed by atoms with van der Waals surface area (Å²) in [7, 11) is 3.19. The van der Waals surface area contributed by atoms with E-state index in [1.807, 2.05) is 43.3 Å². The van der Waals surface area contributed by atoms with E-state index in [-0.39, 0.29) is 5.91 Å². The van der Waals surface area contributed by atoms with Crippen LogP contribution in [0.2, 0.25) is 0 Å². The van der Waals surface area contributed by atoms with Crippen LogP contribution in [0.15, 0.2) is 42.5 Å². The van der Waals surface area contributed by atoms with Gasteiger partial charge in [0.25, 0.3) is 5.91 Å². The van der Waals surface area contributed by atoms with Crippen LogP contribution in [0, 0.1) is 6.92 Å². The van der Waals surface area contributed by atoms with Crippen molar-refractivity contribution in [2.45, 2.75) is 6.92 Å². The van der Waals surface area contributed by atoms with E-state index in [1.165, 1.54) is 0 Å². The minimum Gasteiger partial charge on any atom is -0.497 e. The predicted molar refractivity (Wildman–Crippen MR) is 90.5 cm³/mol. The predicted octanol–water partition coefficient (Wildman–Crippen LogP) is 3.75. The zero-order valence-corrected chi connectivity index (χ0v) is 13.3. The Morgan fingerprint density at radius 3 is 2.61 bits per heavy atom. The summed E-state index contributed by atoms with van der Waals surface area (Å²) < 4.78 is 10.6. The Hall–Kier alpha value is -2.95. The number of H-pyrrole nitrogens is 1. The molecule has 0 fully saturated rings. The number of benzene rings is 2. The molecule has 0 aliphatic rings. The maximum atomic E-state index is 12.8. The average Bonchev–Trinajstić information content (AvgIpc) is 2.90. The molecule has 0 atom stereocenters. The van der Waals surface area contributed by atoms with Crippen molar-refractivity contribution >= 4 is 22.5 Å². The third-order valence-electron chi connectivity index (χ3n) is 3.75. The normalized spacial score (nSPS) is 10.6. The number of aromatic nitrogens is 1. The summed E-state index contributed by atoms with van der Waals surface area (Å²) in [5, 5.41) is 3.69. The number of carbonyl (C=O) groups is 1. The molecule has 23 heavy (non-hydrogen) atoms. The van der Waals surface area contributed by atoms with Gasteiger partial charge in [-0.25, -0.2) is 0 Å². The fourth-order valence-corrected chi connectivity index (χ4v) is 2.69. The molecule has 0 radical (unpaired) electrons. The van der Waals surface area contributed by atoms with Gasteiger partial charge in [0.05, 0.1) is 30.7 Å². The maximum Gasteiger partial charge on any atom is 0.258 e.